The lowest BCUT2D eigenvalue weighted by atomic mass is 9.97. The van der Waals surface area contributed by atoms with E-state index < -0.39 is 6.03 Å². The van der Waals surface area contributed by atoms with E-state index in [9.17, 15) is 9.59 Å². The van der Waals surface area contributed by atoms with Gasteiger partial charge in [-0.3, -0.25) is 4.79 Å². The van der Waals surface area contributed by atoms with Crippen LogP contribution in [0.4, 0.5) is 4.79 Å². The van der Waals surface area contributed by atoms with Crippen molar-refractivity contribution in [1.82, 2.24) is 15.1 Å². The highest BCUT2D eigenvalue weighted by molar-refractivity contribution is 7.98. The molecule has 0 saturated carbocycles. The molecule has 25 heavy (non-hydrogen) atoms. The fourth-order valence-electron chi connectivity index (χ4n) is 2.85. The van der Waals surface area contributed by atoms with Crippen LogP contribution in [0.3, 0.4) is 0 Å². The quantitative estimate of drug-likeness (QED) is 0.678. The van der Waals surface area contributed by atoms with E-state index >= 15 is 0 Å². The molecule has 1 atom stereocenters. The highest BCUT2D eigenvalue weighted by atomic mass is 32.2. The minimum atomic E-state index is -0.444. The molecule has 1 fully saturated rings. The summed E-state index contributed by atoms with van der Waals surface area (Å²) < 4.78 is 5.75. The van der Waals surface area contributed by atoms with Crippen molar-refractivity contribution >= 4 is 23.7 Å². The molecule has 0 aromatic carbocycles. The monoisotopic (exact) mass is 368 g/mol. The fraction of sp³-hybridized carbons (Fsp3) is 0.647. The molecular weight excluding hydrogens is 340 g/mol. The van der Waals surface area contributed by atoms with Gasteiger partial charge in [-0.05, 0) is 39.1 Å². The summed E-state index contributed by atoms with van der Waals surface area (Å²) in [6, 6.07) is 3.57. The first kappa shape index (κ1) is 19.7. The lowest BCUT2D eigenvalue weighted by Gasteiger charge is -2.30. The zero-order valence-electron chi connectivity index (χ0n) is 15.0. The van der Waals surface area contributed by atoms with E-state index in [4.69, 9.17) is 10.2 Å². The van der Waals surface area contributed by atoms with Gasteiger partial charge in [0.05, 0.1) is 18.2 Å². The van der Waals surface area contributed by atoms with Crippen molar-refractivity contribution in [3.8, 4) is 0 Å². The normalized spacial score (nSPS) is 17.7. The van der Waals surface area contributed by atoms with Gasteiger partial charge in [0.1, 0.15) is 11.5 Å². The predicted molar refractivity (Wildman–Crippen MR) is 99.2 cm³/mol. The number of carbonyl (C=O) groups is 2. The molecule has 3 amide bonds. The topological polar surface area (TPSA) is 91.8 Å². The number of likely N-dealkylation sites (tertiary alicyclic amines) is 1. The number of nitrogens with two attached hydrogens (primary N) is 1. The Morgan fingerprint density at radius 3 is 2.88 bits per heavy atom. The number of piperidine rings is 1. The SMILES string of the molecule is CN(C)Cc1ccc(CSCCNC(=O)[C@H]2CCCN(C(N)=O)C2)o1. The van der Waals surface area contributed by atoms with Gasteiger partial charge >= 0.3 is 6.03 Å². The number of nitrogens with one attached hydrogen (secondary N) is 1. The van der Waals surface area contributed by atoms with Gasteiger partial charge in [0.2, 0.25) is 5.91 Å². The lowest BCUT2D eigenvalue weighted by Crippen LogP contribution is -2.47. The van der Waals surface area contributed by atoms with Gasteiger partial charge in [-0.2, -0.15) is 11.8 Å². The standard InChI is InChI=1S/C17H28N4O3S/c1-20(2)11-14-5-6-15(24-14)12-25-9-7-19-16(22)13-4-3-8-21(10-13)17(18)23/h5-6,13H,3-4,7-12H2,1-2H3,(H2,18,23)(H,19,22)/t13-/m0/s1. The number of furan rings is 1. The molecule has 140 valence electrons. The van der Waals surface area contributed by atoms with Crippen LogP contribution in [-0.4, -0.2) is 61.2 Å². The maximum Gasteiger partial charge on any atom is 0.314 e. The largest absolute Gasteiger partial charge is 0.464 e. The van der Waals surface area contributed by atoms with Gasteiger partial charge in [-0.25, -0.2) is 4.79 Å². The molecule has 1 aromatic heterocycles. The van der Waals surface area contributed by atoms with Crippen LogP contribution >= 0.6 is 11.8 Å². The summed E-state index contributed by atoms with van der Waals surface area (Å²) >= 11 is 1.73. The fourth-order valence-corrected chi connectivity index (χ4v) is 3.60. The van der Waals surface area contributed by atoms with E-state index in [0.29, 0.717) is 19.6 Å². The highest BCUT2D eigenvalue weighted by Gasteiger charge is 2.27. The highest BCUT2D eigenvalue weighted by Crippen LogP contribution is 2.17. The number of carbonyl (C=O) groups excluding carboxylic acids is 2. The van der Waals surface area contributed by atoms with E-state index in [0.717, 1.165) is 42.4 Å². The third-order valence-corrected chi connectivity index (χ3v) is 5.06. The van der Waals surface area contributed by atoms with Crippen LogP contribution in [0.25, 0.3) is 0 Å². The Labute approximate surface area is 153 Å². The van der Waals surface area contributed by atoms with Gasteiger partial charge in [0, 0.05) is 25.4 Å². The Morgan fingerprint density at radius 1 is 1.40 bits per heavy atom. The summed E-state index contributed by atoms with van der Waals surface area (Å²) in [5.74, 6) is 3.40. The Hall–Kier alpha value is -1.67. The number of hydrogen-bond acceptors (Lipinski definition) is 5. The van der Waals surface area contributed by atoms with Crippen LogP contribution < -0.4 is 11.1 Å². The molecule has 0 radical (unpaired) electrons. The summed E-state index contributed by atoms with van der Waals surface area (Å²) in [5, 5.41) is 2.95. The van der Waals surface area contributed by atoms with Crippen molar-refractivity contribution < 1.29 is 14.0 Å². The Kier molecular flexibility index (Phi) is 7.64. The minimum Gasteiger partial charge on any atom is -0.464 e. The van der Waals surface area contributed by atoms with Gasteiger partial charge in [-0.15, -0.1) is 0 Å². The van der Waals surface area contributed by atoms with E-state index in [2.05, 4.69) is 10.2 Å². The molecule has 7 nitrogen and oxygen atoms in total. The van der Waals surface area contributed by atoms with E-state index in [1.165, 1.54) is 0 Å². The van der Waals surface area contributed by atoms with E-state index in [1.54, 1.807) is 16.7 Å². The Morgan fingerprint density at radius 2 is 2.16 bits per heavy atom. The lowest BCUT2D eigenvalue weighted by molar-refractivity contribution is -0.126. The minimum absolute atomic E-state index is 0.0119. The summed E-state index contributed by atoms with van der Waals surface area (Å²) in [6.45, 7) is 2.48. The van der Waals surface area contributed by atoms with Crippen molar-refractivity contribution in [2.75, 3.05) is 39.5 Å². The number of primary amides is 1. The second-order valence-corrected chi connectivity index (χ2v) is 7.68. The second-order valence-electron chi connectivity index (χ2n) is 6.57. The molecule has 0 bridgehead atoms. The molecular formula is C17H28N4O3S. The summed E-state index contributed by atoms with van der Waals surface area (Å²) in [5.41, 5.74) is 5.29. The smallest absolute Gasteiger partial charge is 0.314 e. The van der Waals surface area contributed by atoms with Gasteiger partial charge in [0.15, 0.2) is 0 Å². The molecule has 0 spiro atoms. The molecule has 0 unspecified atom stereocenters. The number of urea groups is 1. The molecule has 1 aromatic rings. The third-order valence-electron chi connectivity index (χ3n) is 4.08. The molecule has 2 heterocycles. The summed E-state index contributed by atoms with van der Waals surface area (Å²) in [6.07, 6.45) is 1.63. The Bertz CT molecular complexity index is 576. The van der Waals surface area contributed by atoms with Crippen molar-refractivity contribution in [2.24, 2.45) is 11.7 Å². The van der Waals surface area contributed by atoms with Crippen LogP contribution in [-0.2, 0) is 17.1 Å². The number of amides is 3. The van der Waals surface area contributed by atoms with Crippen LogP contribution in [0.5, 0.6) is 0 Å². The van der Waals surface area contributed by atoms with E-state index in [-0.39, 0.29) is 11.8 Å². The van der Waals surface area contributed by atoms with Crippen LogP contribution in [0.2, 0.25) is 0 Å². The van der Waals surface area contributed by atoms with Crippen LogP contribution in [0, 0.1) is 5.92 Å². The number of hydrogen-bond donors (Lipinski definition) is 2. The first-order valence-electron chi connectivity index (χ1n) is 8.58. The zero-order chi connectivity index (χ0) is 18.2. The van der Waals surface area contributed by atoms with Crippen molar-refractivity contribution in [1.29, 1.82) is 0 Å². The molecule has 0 aliphatic carbocycles. The zero-order valence-corrected chi connectivity index (χ0v) is 15.8. The van der Waals surface area contributed by atoms with Crippen LogP contribution in [0.1, 0.15) is 24.4 Å². The molecule has 1 aliphatic heterocycles. The molecule has 1 saturated heterocycles. The Balaban J connectivity index is 1.61. The maximum absolute atomic E-state index is 12.2. The van der Waals surface area contributed by atoms with Crippen molar-refractivity contribution in [2.45, 2.75) is 25.1 Å². The maximum atomic E-state index is 12.2. The van der Waals surface area contributed by atoms with Gasteiger partial charge < -0.3 is 25.3 Å². The third kappa shape index (κ3) is 6.62. The van der Waals surface area contributed by atoms with Crippen molar-refractivity contribution in [3.05, 3.63) is 23.7 Å². The van der Waals surface area contributed by atoms with Crippen LogP contribution in [0.15, 0.2) is 16.5 Å². The first-order chi connectivity index (χ1) is 12.0. The molecule has 3 N–H and O–H groups in total. The van der Waals surface area contributed by atoms with Gasteiger partial charge in [-0.1, -0.05) is 0 Å². The molecule has 1 aliphatic rings. The average Bonchev–Trinajstić information content (AvgIpc) is 3.01. The molecule has 2 rings (SSSR count). The number of rotatable bonds is 8. The second kappa shape index (κ2) is 9.72. The first-order valence-corrected chi connectivity index (χ1v) is 9.73. The summed E-state index contributed by atoms with van der Waals surface area (Å²) in [4.78, 5) is 27.0. The molecule has 8 heteroatoms. The van der Waals surface area contributed by atoms with Crippen molar-refractivity contribution in [3.63, 3.8) is 0 Å². The number of thioether (sulfide) groups is 1. The predicted octanol–water partition coefficient (Wildman–Crippen LogP) is 1.48. The average molecular weight is 369 g/mol. The summed E-state index contributed by atoms with van der Waals surface area (Å²) in [7, 11) is 4.02. The van der Waals surface area contributed by atoms with E-state index in [1.807, 2.05) is 26.2 Å². The number of nitrogens with zero attached hydrogens (tertiary/aromatic N) is 2. The van der Waals surface area contributed by atoms with Gasteiger partial charge in [0.25, 0.3) is 0 Å².